The molecule has 1 heterocycles. The van der Waals surface area contributed by atoms with Crippen LogP contribution in [0.15, 0.2) is 18.2 Å². The summed E-state index contributed by atoms with van der Waals surface area (Å²) in [4.78, 5) is 51.5. The molecular formula is C21H27N3O5. The lowest BCUT2D eigenvalue weighted by molar-refractivity contribution is -0.155. The highest BCUT2D eigenvalue weighted by molar-refractivity contribution is 6.00. The third-order valence-corrected chi connectivity index (χ3v) is 5.41. The lowest BCUT2D eigenvalue weighted by Crippen LogP contribution is -2.41. The molecule has 156 valence electrons. The van der Waals surface area contributed by atoms with Gasteiger partial charge in [0.2, 0.25) is 11.8 Å². The molecule has 1 aromatic rings. The first-order valence-electron chi connectivity index (χ1n) is 9.82. The van der Waals surface area contributed by atoms with Crippen molar-refractivity contribution < 1.29 is 23.9 Å². The van der Waals surface area contributed by atoms with Gasteiger partial charge in [-0.3, -0.25) is 19.2 Å². The summed E-state index contributed by atoms with van der Waals surface area (Å²) < 4.78 is 5.13. The summed E-state index contributed by atoms with van der Waals surface area (Å²) in [7, 11) is 1.49. The van der Waals surface area contributed by atoms with E-state index in [4.69, 9.17) is 4.74 Å². The summed E-state index contributed by atoms with van der Waals surface area (Å²) in [6.45, 7) is 3.63. The molecule has 0 unspecified atom stereocenters. The summed E-state index contributed by atoms with van der Waals surface area (Å²) >= 11 is 0. The predicted molar refractivity (Wildman–Crippen MR) is 106 cm³/mol. The van der Waals surface area contributed by atoms with Gasteiger partial charge in [0, 0.05) is 31.7 Å². The van der Waals surface area contributed by atoms with E-state index in [0.29, 0.717) is 0 Å². The molecule has 8 heteroatoms. The molecule has 0 aromatic heterocycles. The van der Waals surface area contributed by atoms with E-state index >= 15 is 0 Å². The van der Waals surface area contributed by atoms with Gasteiger partial charge in [0.25, 0.3) is 5.91 Å². The second-order valence-electron chi connectivity index (χ2n) is 7.82. The Morgan fingerprint density at radius 3 is 2.66 bits per heavy atom. The fraction of sp³-hybridized carbons (Fsp3) is 0.524. The lowest BCUT2D eigenvalue weighted by atomic mass is 10.1. The fourth-order valence-electron chi connectivity index (χ4n) is 3.29. The first-order valence-corrected chi connectivity index (χ1v) is 9.82. The number of anilines is 1. The molecule has 1 aromatic carbocycles. The molecule has 3 amide bonds. The minimum absolute atomic E-state index is 0.0556. The number of ether oxygens (including phenoxy) is 1. The maximum atomic E-state index is 12.4. The number of aryl methyl sites for hydroxylation is 1. The van der Waals surface area contributed by atoms with E-state index < -0.39 is 24.4 Å². The molecule has 1 N–H and O–H groups in total. The van der Waals surface area contributed by atoms with Gasteiger partial charge in [0.15, 0.2) is 6.61 Å². The van der Waals surface area contributed by atoms with Gasteiger partial charge in [-0.25, -0.2) is 0 Å². The number of benzene rings is 1. The molecule has 0 bridgehead atoms. The third kappa shape index (κ3) is 5.13. The van der Waals surface area contributed by atoms with Gasteiger partial charge in [0.05, 0.1) is 12.5 Å². The van der Waals surface area contributed by atoms with E-state index in [9.17, 15) is 19.2 Å². The van der Waals surface area contributed by atoms with Crippen molar-refractivity contribution in [1.82, 2.24) is 10.2 Å². The van der Waals surface area contributed by atoms with E-state index in [1.165, 1.54) is 11.9 Å². The quantitative estimate of drug-likeness (QED) is 0.686. The Morgan fingerprint density at radius 1 is 1.24 bits per heavy atom. The van der Waals surface area contributed by atoms with Crippen molar-refractivity contribution in [3.63, 3.8) is 0 Å². The van der Waals surface area contributed by atoms with Gasteiger partial charge in [-0.05, 0) is 43.9 Å². The molecule has 0 radical (unpaired) electrons. The maximum Gasteiger partial charge on any atom is 0.311 e. The van der Waals surface area contributed by atoms with Gasteiger partial charge < -0.3 is 19.9 Å². The van der Waals surface area contributed by atoms with Gasteiger partial charge >= 0.3 is 5.97 Å². The van der Waals surface area contributed by atoms with E-state index in [1.54, 1.807) is 4.90 Å². The molecule has 29 heavy (non-hydrogen) atoms. The molecule has 2 aliphatic rings. The summed E-state index contributed by atoms with van der Waals surface area (Å²) in [6, 6.07) is 5.94. The topological polar surface area (TPSA) is 96.0 Å². The number of carbonyl (C=O) groups excluding carboxylic acids is 4. The van der Waals surface area contributed by atoms with Gasteiger partial charge in [-0.1, -0.05) is 12.1 Å². The standard InChI is InChI=1S/C21H27N3O5/c1-13-5-4-6-17(14(13)2)24-10-15(9-19(24)26)21(28)29-12-20(27)23(3)11-18(25)22-16-7-8-16/h4-6,15-16H,7-12H2,1-3H3,(H,22,25)/t15-/m0/s1. The smallest absolute Gasteiger partial charge is 0.311 e. The Hall–Kier alpha value is -2.90. The Kier molecular flexibility index (Phi) is 6.20. The molecule has 1 saturated heterocycles. The van der Waals surface area contributed by atoms with Crippen LogP contribution in [0.5, 0.6) is 0 Å². The Bertz CT molecular complexity index is 834. The number of carbonyl (C=O) groups is 4. The number of likely N-dealkylation sites (N-methyl/N-ethyl adjacent to an activating group) is 1. The zero-order chi connectivity index (χ0) is 21.1. The highest BCUT2D eigenvalue weighted by Crippen LogP contribution is 2.29. The monoisotopic (exact) mass is 401 g/mol. The molecule has 1 saturated carbocycles. The van der Waals surface area contributed by atoms with Crippen molar-refractivity contribution in [2.75, 3.05) is 31.6 Å². The van der Waals surface area contributed by atoms with Gasteiger partial charge in [-0.2, -0.15) is 0 Å². The van der Waals surface area contributed by atoms with Crippen LogP contribution in [0, 0.1) is 19.8 Å². The van der Waals surface area contributed by atoms with Crippen LogP contribution in [0.2, 0.25) is 0 Å². The average Bonchev–Trinajstić information content (AvgIpc) is 3.40. The highest BCUT2D eigenvalue weighted by atomic mass is 16.5. The Balaban J connectivity index is 1.49. The Labute approximate surface area is 170 Å². The highest BCUT2D eigenvalue weighted by Gasteiger charge is 2.37. The second-order valence-corrected chi connectivity index (χ2v) is 7.82. The maximum absolute atomic E-state index is 12.4. The molecular weight excluding hydrogens is 374 g/mol. The molecule has 1 aliphatic carbocycles. The molecule has 0 spiro atoms. The summed E-state index contributed by atoms with van der Waals surface area (Å²) in [6.07, 6.45) is 2.00. The zero-order valence-corrected chi connectivity index (χ0v) is 17.1. The van der Waals surface area contributed by atoms with Crippen molar-refractivity contribution in [1.29, 1.82) is 0 Å². The van der Waals surface area contributed by atoms with Crippen molar-refractivity contribution in [2.45, 2.75) is 39.2 Å². The minimum Gasteiger partial charge on any atom is -0.455 e. The third-order valence-electron chi connectivity index (χ3n) is 5.41. The van der Waals surface area contributed by atoms with Crippen molar-refractivity contribution in [3.05, 3.63) is 29.3 Å². The van der Waals surface area contributed by atoms with Gasteiger partial charge in [-0.15, -0.1) is 0 Å². The van der Waals surface area contributed by atoms with Crippen molar-refractivity contribution >= 4 is 29.4 Å². The summed E-state index contributed by atoms with van der Waals surface area (Å²) in [5.74, 6) is -2.00. The van der Waals surface area contributed by atoms with Crippen molar-refractivity contribution in [3.8, 4) is 0 Å². The number of esters is 1. The molecule has 8 nitrogen and oxygen atoms in total. The number of nitrogens with zero attached hydrogens (tertiary/aromatic N) is 2. The van der Waals surface area contributed by atoms with Crippen LogP contribution in [-0.2, 0) is 23.9 Å². The van der Waals surface area contributed by atoms with Crippen molar-refractivity contribution in [2.24, 2.45) is 5.92 Å². The Morgan fingerprint density at radius 2 is 1.97 bits per heavy atom. The number of rotatable bonds is 7. The van der Waals surface area contributed by atoms with Crippen LogP contribution in [0.1, 0.15) is 30.4 Å². The van der Waals surface area contributed by atoms with E-state index in [1.807, 2.05) is 32.0 Å². The molecule has 1 atom stereocenters. The van der Waals surface area contributed by atoms with E-state index in [-0.39, 0.29) is 37.4 Å². The first kappa shape index (κ1) is 20.8. The van der Waals surface area contributed by atoms with Crippen LogP contribution in [-0.4, -0.2) is 61.4 Å². The minimum atomic E-state index is -0.612. The fourth-order valence-corrected chi connectivity index (χ4v) is 3.29. The molecule has 1 aliphatic heterocycles. The summed E-state index contributed by atoms with van der Waals surface area (Å²) in [5, 5.41) is 2.80. The summed E-state index contributed by atoms with van der Waals surface area (Å²) in [5.41, 5.74) is 2.86. The van der Waals surface area contributed by atoms with Gasteiger partial charge in [0.1, 0.15) is 0 Å². The number of amides is 3. The average molecular weight is 401 g/mol. The molecule has 3 rings (SSSR count). The largest absolute Gasteiger partial charge is 0.455 e. The van der Waals surface area contributed by atoms with Crippen LogP contribution in [0.3, 0.4) is 0 Å². The normalized spacial score (nSPS) is 18.5. The first-order chi connectivity index (χ1) is 13.8. The van der Waals surface area contributed by atoms with E-state index in [0.717, 1.165) is 29.7 Å². The zero-order valence-electron chi connectivity index (χ0n) is 17.1. The number of hydrogen-bond donors (Lipinski definition) is 1. The van der Waals surface area contributed by atoms with E-state index in [2.05, 4.69) is 5.32 Å². The number of hydrogen-bond acceptors (Lipinski definition) is 5. The lowest BCUT2D eigenvalue weighted by Gasteiger charge is -2.20. The van der Waals surface area contributed by atoms with Crippen LogP contribution in [0.25, 0.3) is 0 Å². The second kappa shape index (κ2) is 8.63. The number of nitrogens with one attached hydrogen (secondary N) is 1. The molecule has 2 fully saturated rings. The van der Waals surface area contributed by atoms with Crippen LogP contribution in [0.4, 0.5) is 5.69 Å². The predicted octanol–water partition coefficient (Wildman–Crippen LogP) is 0.937. The van der Waals surface area contributed by atoms with Crippen LogP contribution < -0.4 is 10.2 Å². The SMILES string of the molecule is Cc1cccc(N2C[C@@H](C(=O)OCC(=O)N(C)CC(=O)NC3CC3)CC2=O)c1C. The van der Waals surface area contributed by atoms with Crippen LogP contribution >= 0.6 is 0 Å².